The van der Waals surface area contributed by atoms with E-state index in [0.29, 0.717) is 55.1 Å². The first-order chi connectivity index (χ1) is 46.1. The Balaban J connectivity index is 1.04. The van der Waals surface area contributed by atoms with Gasteiger partial charge in [-0.1, -0.05) is 112 Å². The Morgan fingerprint density at radius 1 is 0.680 bits per heavy atom. The lowest BCUT2D eigenvalue weighted by molar-refractivity contribution is -0.352. The monoisotopic (exact) mass is 1380 g/mol. The number of hydrogen-bond acceptors (Lipinski definition) is 18. The fourth-order valence-electron chi connectivity index (χ4n) is 17.4. The summed E-state index contributed by atoms with van der Waals surface area (Å²) in [7, 11) is 0.236. The summed E-state index contributed by atoms with van der Waals surface area (Å²) in [6.07, 6.45) is 0.263. The summed E-state index contributed by atoms with van der Waals surface area (Å²) in [6.45, 7) is 31.8. The molecule has 6 fully saturated rings. The van der Waals surface area contributed by atoms with Crippen LogP contribution in [0.3, 0.4) is 0 Å². The van der Waals surface area contributed by atoms with Crippen LogP contribution in [0.25, 0.3) is 0 Å². The van der Waals surface area contributed by atoms with Gasteiger partial charge in [0.2, 0.25) is 0 Å². The molecule has 3 saturated heterocycles. The highest BCUT2D eigenvalue weighted by molar-refractivity contribution is 6.74. The fourth-order valence-corrected chi connectivity index (χ4v) is 21.6. The van der Waals surface area contributed by atoms with Crippen molar-refractivity contribution in [3.63, 3.8) is 0 Å². The Morgan fingerprint density at radius 2 is 1.24 bits per heavy atom. The van der Waals surface area contributed by atoms with Crippen LogP contribution in [0, 0.1) is 40.4 Å². The summed E-state index contributed by atoms with van der Waals surface area (Å²) >= 11 is 0. The van der Waals surface area contributed by atoms with Gasteiger partial charge < -0.3 is 75.5 Å². The molecule has 0 amide bonds. The van der Waals surface area contributed by atoms with Crippen LogP contribution < -0.4 is 14.2 Å². The normalized spacial score (nSPS) is 33.1. The van der Waals surface area contributed by atoms with Gasteiger partial charge >= 0.3 is 11.9 Å². The van der Waals surface area contributed by atoms with Crippen molar-refractivity contribution in [2.45, 2.75) is 263 Å². The zero-order valence-electron chi connectivity index (χ0n) is 61.3. The average molecular weight is 1390 g/mol. The Hall–Kier alpha value is -4.27. The van der Waals surface area contributed by atoms with E-state index in [-0.39, 0.29) is 60.4 Å². The Morgan fingerprint density at radius 3 is 1.79 bits per heavy atom. The van der Waals surface area contributed by atoms with E-state index in [4.69, 9.17) is 70.4 Å². The first-order valence-corrected chi connectivity index (χ1v) is 41.7. The van der Waals surface area contributed by atoms with Gasteiger partial charge in [0.05, 0.1) is 78.7 Å². The number of ether oxygens (including phenoxy) is 13. The molecule has 0 spiro atoms. The van der Waals surface area contributed by atoms with Crippen molar-refractivity contribution in [3.8, 4) is 17.2 Å². The Bertz CT molecular complexity index is 3080. The zero-order valence-corrected chi connectivity index (χ0v) is 63.3. The van der Waals surface area contributed by atoms with E-state index in [1.807, 2.05) is 48.5 Å². The minimum absolute atomic E-state index is 0.0128. The fraction of sp³-hybridized carbons (Fsp3) is 0.714. The Kier molecular flexibility index (Phi) is 24.2. The molecule has 3 heterocycles. The van der Waals surface area contributed by atoms with Crippen LogP contribution in [0.2, 0.25) is 36.3 Å². The molecule has 7 aliphatic rings. The van der Waals surface area contributed by atoms with Gasteiger partial charge in [0.1, 0.15) is 41.2 Å². The number of carbonyl (C=O) groups excluding carboxylic acids is 2. The Labute approximate surface area is 580 Å². The quantitative estimate of drug-likeness (QED) is 0.0409. The molecule has 0 aromatic heterocycles. The van der Waals surface area contributed by atoms with Crippen molar-refractivity contribution in [2.24, 2.45) is 40.4 Å². The molecule has 18 nitrogen and oxygen atoms in total. The molecule has 4 aliphatic carbocycles. The van der Waals surface area contributed by atoms with Gasteiger partial charge in [-0.05, 0) is 176 Å². The maximum atomic E-state index is 14.8. The standard InChI is InChI=1S/C77H116O18Si2/c1-18-97(19-2,20-3)95-64-48-87-71(91-65-44-62-60-34-27-55-43-59(94-96(16,17)73(8,9)10)36-38-74(55,11)61(60)37-39-75(62,12)77(65,80)50(6)76(40-35-49(4)5)88-41-42-89-76)69(90-51(7)78)67(64)93-72-68(92-70(79)54-25-32-58(83-15)33-26-54)66(85-46-53-23-30-57(82-14)31-24-53)63(47-86-72)84-45-52-21-28-56(81-13)29-22-52/h21-33,49-50,59-69,71-72,80H,18-20,34-48H2,1-17H3/t50-,59+,60-,61+,62+,63-,64+,65+,66+,67+,68-,69-,71+,72+,74+,75+,77-/m1/s1. The largest absolute Gasteiger partial charge is 0.497 e. The molecule has 0 bridgehead atoms. The van der Waals surface area contributed by atoms with Gasteiger partial charge in [0, 0.05) is 30.8 Å². The van der Waals surface area contributed by atoms with Gasteiger partial charge in [0.15, 0.2) is 47.2 Å². The highest BCUT2D eigenvalue weighted by Gasteiger charge is 2.73. The number of carbonyl (C=O) groups is 2. The van der Waals surface area contributed by atoms with Crippen molar-refractivity contribution in [1.82, 2.24) is 0 Å². The van der Waals surface area contributed by atoms with Crippen molar-refractivity contribution in [3.05, 3.63) is 101 Å². The number of rotatable bonds is 28. The number of hydrogen-bond donors (Lipinski definition) is 1. The van der Waals surface area contributed by atoms with Crippen LogP contribution in [0.5, 0.6) is 17.2 Å². The van der Waals surface area contributed by atoms with E-state index in [2.05, 4.69) is 95.3 Å². The molecule has 3 aliphatic heterocycles. The SMILES string of the molecule is CC[Si](CC)(CC)O[C@H]1CO[C@@H](O[C@H]2C[C@H]3[C@@H]4CC=C5C[C@@H](O[Si](C)(C)C(C)(C)C)CC[C@]5(C)[C@H]4CC[C@]3(C)[C@@]2(O)[C@H](C)C2(CCC(C)C)OCCO2)[C@H](OC(C)=O)[C@H]1O[C@@H]1OC[C@@H](OCc2ccc(OC)cc2)[C@H](OCc2ccc(OC)cc2)[C@H]1OC(=O)c1ccc(OC)cc1. The van der Waals surface area contributed by atoms with Gasteiger partial charge in [-0.15, -0.1) is 0 Å². The first kappa shape index (κ1) is 75.4. The maximum Gasteiger partial charge on any atom is 0.338 e. The number of allylic oxidation sites excluding steroid dienone is 1. The molecule has 17 atom stereocenters. The first-order valence-electron chi connectivity index (χ1n) is 36.2. The number of aliphatic hydroxyl groups is 1. The van der Waals surface area contributed by atoms with Crippen molar-refractivity contribution in [2.75, 3.05) is 47.8 Å². The smallest absolute Gasteiger partial charge is 0.338 e. The summed E-state index contributed by atoms with van der Waals surface area (Å²) in [5, 5.41) is 14.9. The number of benzene rings is 3. The number of methoxy groups -OCH3 is 3. The van der Waals surface area contributed by atoms with E-state index >= 15 is 0 Å². The van der Waals surface area contributed by atoms with E-state index in [1.165, 1.54) is 12.5 Å². The second-order valence-electron chi connectivity index (χ2n) is 31.2. The summed E-state index contributed by atoms with van der Waals surface area (Å²) in [5.41, 5.74) is 1.18. The van der Waals surface area contributed by atoms with Crippen LogP contribution >= 0.6 is 0 Å². The van der Waals surface area contributed by atoms with Crippen LogP contribution in [-0.2, 0) is 74.2 Å². The van der Waals surface area contributed by atoms with Crippen molar-refractivity contribution >= 4 is 28.6 Å². The van der Waals surface area contributed by atoms with Gasteiger partial charge in [-0.3, -0.25) is 4.79 Å². The van der Waals surface area contributed by atoms with E-state index in [9.17, 15) is 14.7 Å². The molecule has 97 heavy (non-hydrogen) atoms. The summed E-state index contributed by atoms with van der Waals surface area (Å²) in [5.74, 6) is -0.0629. The number of esters is 2. The molecule has 3 aromatic rings. The second-order valence-corrected chi connectivity index (χ2v) is 40.7. The van der Waals surface area contributed by atoms with E-state index < -0.39 is 107 Å². The van der Waals surface area contributed by atoms with Crippen LogP contribution in [0.4, 0.5) is 0 Å². The summed E-state index contributed by atoms with van der Waals surface area (Å²) in [6, 6.07) is 24.2. The summed E-state index contributed by atoms with van der Waals surface area (Å²) in [4.78, 5) is 28.9. The predicted octanol–water partition coefficient (Wildman–Crippen LogP) is 14.7. The second kappa shape index (κ2) is 31.1. The lowest BCUT2D eigenvalue weighted by Gasteiger charge is -2.61. The highest BCUT2D eigenvalue weighted by atomic mass is 28.4. The third-order valence-electron chi connectivity index (χ3n) is 24.5. The molecule has 3 aromatic carbocycles. The van der Waals surface area contributed by atoms with Crippen molar-refractivity contribution < 1.29 is 85.1 Å². The zero-order chi connectivity index (χ0) is 69.9. The van der Waals surface area contributed by atoms with Gasteiger partial charge in [-0.2, -0.15) is 0 Å². The topological polar surface area (TPSA) is 193 Å². The van der Waals surface area contributed by atoms with E-state index in [0.717, 1.165) is 74.2 Å². The molecular weight excluding hydrogens is 1270 g/mol. The van der Waals surface area contributed by atoms with E-state index in [1.54, 1.807) is 45.6 Å². The molecule has 0 unspecified atom stereocenters. The third kappa shape index (κ3) is 15.7. The maximum absolute atomic E-state index is 14.8. The minimum Gasteiger partial charge on any atom is -0.497 e. The van der Waals surface area contributed by atoms with Gasteiger partial charge in [-0.25, -0.2) is 4.79 Å². The molecule has 0 radical (unpaired) electrons. The lowest BCUT2D eigenvalue weighted by Crippen LogP contribution is -2.67. The van der Waals surface area contributed by atoms with Crippen molar-refractivity contribution in [1.29, 1.82) is 0 Å². The number of fused-ring (bicyclic) bond motifs is 5. The minimum atomic E-state index is -2.55. The molecular formula is C77H116O18Si2. The third-order valence-corrected chi connectivity index (χ3v) is 33.7. The molecule has 1 N–H and O–H groups in total. The lowest BCUT2D eigenvalue weighted by atomic mass is 9.46. The average Bonchev–Trinajstić information content (AvgIpc) is 1.56. The van der Waals surface area contributed by atoms with Crippen LogP contribution in [0.15, 0.2) is 84.4 Å². The van der Waals surface area contributed by atoms with Gasteiger partial charge in [0.25, 0.3) is 0 Å². The molecule has 20 heteroatoms. The highest BCUT2D eigenvalue weighted by Crippen LogP contribution is 2.70. The predicted molar refractivity (Wildman–Crippen MR) is 374 cm³/mol. The van der Waals surface area contributed by atoms with Crippen LogP contribution in [-0.4, -0.2) is 154 Å². The molecule has 3 saturated carbocycles. The molecule has 540 valence electrons. The van der Waals surface area contributed by atoms with Crippen LogP contribution in [0.1, 0.15) is 162 Å². The molecule has 10 rings (SSSR count). The summed E-state index contributed by atoms with van der Waals surface area (Å²) < 4.78 is 101.